The Morgan fingerprint density at radius 1 is 1.30 bits per heavy atom. The Bertz CT molecular complexity index is 573. The van der Waals surface area contributed by atoms with Crippen LogP contribution in [0.1, 0.15) is 25.7 Å². The summed E-state index contributed by atoms with van der Waals surface area (Å²) in [6.07, 6.45) is 1.64. The van der Waals surface area contributed by atoms with E-state index in [-0.39, 0.29) is 41.4 Å². The van der Waals surface area contributed by atoms with Crippen molar-refractivity contribution in [3.05, 3.63) is 35.9 Å². The van der Waals surface area contributed by atoms with Crippen LogP contribution in [0.3, 0.4) is 0 Å². The number of hydrogen-bond acceptors (Lipinski definition) is 2. The van der Waals surface area contributed by atoms with Gasteiger partial charge < -0.3 is 15.8 Å². The summed E-state index contributed by atoms with van der Waals surface area (Å²) in [6.45, 7) is 0.507. The van der Waals surface area contributed by atoms with Crippen molar-refractivity contribution in [2.45, 2.75) is 32.0 Å². The lowest BCUT2D eigenvalue weighted by Crippen LogP contribution is -2.24. The maximum absolute atomic E-state index is 12.3. The minimum atomic E-state index is -4.75. The van der Waals surface area contributed by atoms with E-state index in [0.717, 1.165) is 19.3 Å². The predicted octanol–water partition coefficient (Wildman–Crippen LogP) is 4.43. The van der Waals surface area contributed by atoms with E-state index in [0.29, 0.717) is 6.54 Å². The second-order valence-electron chi connectivity index (χ2n) is 4.94. The number of ether oxygens (including phenoxy) is 1. The van der Waals surface area contributed by atoms with Gasteiger partial charge in [-0.25, -0.2) is 0 Å². The van der Waals surface area contributed by atoms with Gasteiger partial charge in [-0.3, -0.25) is 4.99 Å². The minimum Gasteiger partial charge on any atom is -0.404 e. The van der Waals surface area contributed by atoms with Gasteiger partial charge in [0.2, 0.25) is 0 Å². The average molecular weight is 441 g/mol. The Labute approximate surface area is 150 Å². The highest BCUT2D eigenvalue weighted by atomic mass is 127. The van der Waals surface area contributed by atoms with Crippen molar-refractivity contribution in [3.8, 4) is 5.75 Å². The zero-order valence-electron chi connectivity index (χ0n) is 12.4. The molecule has 0 radical (unpaired) electrons. The van der Waals surface area contributed by atoms with Gasteiger partial charge in [-0.15, -0.1) is 37.1 Å². The molecule has 0 aromatic heterocycles. The van der Waals surface area contributed by atoms with Crippen LogP contribution in [0.15, 0.2) is 40.9 Å². The van der Waals surface area contributed by atoms with Crippen molar-refractivity contribution >= 4 is 35.6 Å². The third-order valence-corrected chi connectivity index (χ3v) is 3.23. The monoisotopic (exact) mass is 441 g/mol. The molecule has 0 saturated carbocycles. The normalized spacial score (nSPS) is 14.9. The SMILES string of the molecule is I.NC(=NCCC1=CCCC1)Nc1ccccc1OC(F)(F)F. The van der Waals surface area contributed by atoms with Gasteiger partial charge in [0.15, 0.2) is 11.7 Å². The third-order valence-electron chi connectivity index (χ3n) is 3.23. The fourth-order valence-corrected chi connectivity index (χ4v) is 2.25. The number of benzene rings is 1. The highest BCUT2D eigenvalue weighted by Gasteiger charge is 2.32. The average Bonchev–Trinajstić information content (AvgIpc) is 2.92. The molecule has 0 amide bonds. The van der Waals surface area contributed by atoms with Gasteiger partial charge in [0.1, 0.15) is 0 Å². The summed E-state index contributed by atoms with van der Waals surface area (Å²) in [5.74, 6) is -0.275. The Morgan fingerprint density at radius 2 is 2.04 bits per heavy atom. The number of anilines is 1. The molecule has 3 N–H and O–H groups in total. The number of para-hydroxylation sites is 2. The van der Waals surface area contributed by atoms with Crippen LogP contribution in [-0.4, -0.2) is 18.9 Å². The maximum atomic E-state index is 12.3. The fraction of sp³-hybridized carbons (Fsp3) is 0.400. The topological polar surface area (TPSA) is 59.6 Å². The highest BCUT2D eigenvalue weighted by molar-refractivity contribution is 14.0. The van der Waals surface area contributed by atoms with Gasteiger partial charge in [0.25, 0.3) is 0 Å². The molecule has 0 bridgehead atoms. The van der Waals surface area contributed by atoms with Crippen molar-refractivity contribution < 1.29 is 17.9 Å². The summed E-state index contributed by atoms with van der Waals surface area (Å²) < 4.78 is 40.9. The van der Waals surface area contributed by atoms with Crippen molar-refractivity contribution in [1.29, 1.82) is 0 Å². The van der Waals surface area contributed by atoms with Crippen molar-refractivity contribution in [3.63, 3.8) is 0 Å². The van der Waals surface area contributed by atoms with Crippen LogP contribution in [-0.2, 0) is 0 Å². The second kappa shape index (κ2) is 8.99. The van der Waals surface area contributed by atoms with Gasteiger partial charge in [-0.2, -0.15) is 0 Å². The number of guanidine groups is 1. The number of nitrogens with zero attached hydrogens (tertiary/aromatic N) is 1. The van der Waals surface area contributed by atoms with Gasteiger partial charge in [0, 0.05) is 6.54 Å². The number of halogens is 4. The van der Waals surface area contributed by atoms with Crippen LogP contribution in [0.4, 0.5) is 18.9 Å². The third kappa shape index (κ3) is 7.10. The van der Waals surface area contributed by atoms with Crippen LogP contribution < -0.4 is 15.8 Å². The van der Waals surface area contributed by atoms with E-state index in [1.165, 1.54) is 30.2 Å². The fourth-order valence-electron chi connectivity index (χ4n) is 2.25. The Kier molecular flexibility index (Phi) is 7.66. The predicted molar refractivity (Wildman–Crippen MR) is 95.2 cm³/mol. The van der Waals surface area contributed by atoms with Crippen molar-refractivity contribution in [2.75, 3.05) is 11.9 Å². The Morgan fingerprint density at radius 3 is 2.70 bits per heavy atom. The van der Waals surface area contributed by atoms with Gasteiger partial charge >= 0.3 is 6.36 Å². The molecule has 0 atom stereocenters. The number of hydrogen-bond donors (Lipinski definition) is 2. The van der Waals surface area contributed by atoms with Gasteiger partial charge in [0.05, 0.1) is 5.69 Å². The molecule has 0 saturated heterocycles. The molecule has 1 aromatic carbocycles. The zero-order chi connectivity index (χ0) is 16.0. The van der Waals surface area contributed by atoms with Crippen LogP contribution in [0.2, 0.25) is 0 Å². The van der Waals surface area contributed by atoms with E-state index in [1.54, 1.807) is 6.07 Å². The van der Waals surface area contributed by atoms with E-state index in [9.17, 15) is 13.2 Å². The molecule has 1 aliphatic carbocycles. The largest absolute Gasteiger partial charge is 0.573 e. The number of nitrogens with one attached hydrogen (secondary N) is 1. The molecule has 0 unspecified atom stereocenters. The lowest BCUT2D eigenvalue weighted by Gasteiger charge is -2.14. The van der Waals surface area contributed by atoms with E-state index in [2.05, 4.69) is 21.1 Å². The molecule has 0 aliphatic heterocycles. The highest BCUT2D eigenvalue weighted by Crippen LogP contribution is 2.29. The summed E-state index contributed by atoms with van der Waals surface area (Å²) in [4.78, 5) is 4.13. The molecule has 1 aliphatic rings. The lowest BCUT2D eigenvalue weighted by molar-refractivity contribution is -0.274. The molecular weight excluding hydrogens is 422 g/mol. The van der Waals surface area contributed by atoms with Crippen LogP contribution in [0, 0.1) is 0 Å². The van der Waals surface area contributed by atoms with Gasteiger partial charge in [-0.05, 0) is 37.8 Å². The maximum Gasteiger partial charge on any atom is 0.573 e. The second-order valence-corrected chi connectivity index (χ2v) is 4.94. The Balaban J connectivity index is 0.00000264. The first-order valence-electron chi connectivity index (χ1n) is 7.04. The zero-order valence-corrected chi connectivity index (χ0v) is 14.7. The van der Waals surface area contributed by atoms with E-state index < -0.39 is 6.36 Å². The number of alkyl halides is 3. The molecule has 4 nitrogen and oxygen atoms in total. The summed E-state index contributed by atoms with van der Waals surface area (Å²) in [6, 6.07) is 5.70. The molecule has 2 rings (SSSR count). The van der Waals surface area contributed by atoms with E-state index >= 15 is 0 Å². The van der Waals surface area contributed by atoms with Crippen LogP contribution >= 0.6 is 24.0 Å². The quantitative estimate of drug-likeness (QED) is 0.308. The standard InChI is InChI=1S/C15H18F3N3O.HI/c16-15(17,18)22-13-8-4-3-7-12(13)21-14(19)20-10-9-11-5-1-2-6-11;/h3-5,7-8H,1-2,6,9-10H2,(H3,19,20,21);1H. The molecule has 1 aromatic rings. The van der Waals surface area contributed by atoms with E-state index in [1.807, 2.05) is 0 Å². The molecule has 0 heterocycles. The first kappa shape index (κ1) is 19.6. The number of rotatable bonds is 5. The van der Waals surface area contributed by atoms with Gasteiger partial charge in [-0.1, -0.05) is 23.8 Å². The minimum absolute atomic E-state index is 0. The van der Waals surface area contributed by atoms with Crippen LogP contribution in [0.5, 0.6) is 5.75 Å². The number of nitrogens with two attached hydrogens (primary N) is 1. The molecule has 0 spiro atoms. The number of aliphatic imine (C=N–C) groups is 1. The smallest absolute Gasteiger partial charge is 0.404 e. The van der Waals surface area contributed by atoms with Crippen LogP contribution in [0.25, 0.3) is 0 Å². The van der Waals surface area contributed by atoms with Crippen molar-refractivity contribution in [1.82, 2.24) is 0 Å². The van der Waals surface area contributed by atoms with Crippen molar-refractivity contribution in [2.24, 2.45) is 10.7 Å². The molecule has 128 valence electrons. The summed E-state index contributed by atoms with van der Waals surface area (Å²) in [7, 11) is 0. The first-order valence-corrected chi connectivity index (χ1v) is 7.04. The summed E-state index contributed by atoms with van der Waals surface area (Å²) in [5, 5.41) is 2.64. The first-order chi connectivity index (χ1) is 10.4. The molecular formula is C15H19F3IN3O. The summed E-state index contributed by atoms with van der Waals surface area (Å²) >= 11 is 0. The number of allylic oxidation sites excluding steroid dienone is 1. The molecule has 8 heteroatoms. The molecule has 0 fully saturated rings. The van der Waals surface area contributed by atoms with E-state index in [4.69, 9.17) is 5.73 Å². The summed E-state index contributed by atoms with van der Waals surface area (Å²) in [5.41, 5.74) is 7.19. The molecule has 23 heavy (non-hydrogen) atoms. The Hall–Kier alpha value is -1.45. The lowest BCUT2D eigenvalue weighted by atomic mass is 10.2.